The van der Waals surface area contributed by atoms with E-state index < -0.39 is 0 Å². The number of rotatable bonds is 3. The maximum atomic E-state index is 9.86. The third kappa shape index (κ3) is 3.19. The standard InChI is InChI=1S/C14H10BrClN2O/c15-11-3-1-2-10(14(11)19)8-18-13-5-4-9(7-17)6-12(13)16/h1-6,18-19H,8H2. The number of nitriles is 1. The number of aromatic hydroxyl groups is 1. The van der Waals surface area contributed by atoms with Crippen molar-refractivity contribution in [2.24, 2.45) is 0 Å². The van der Waals surface area contributed by atoms with E-state index in [4.69, 9.17) is 16.9 Å². The van der Waals surface area contributed by atoms with Crippen molar-refractivity contribution >= 4 is 33.2 Å². The van der Waals surface area contributed by atoms with Crippen molar-refractivity contribution in [3.63, 3.8) is 0 Å². The molecule has 0 aromatic heterocycles. The molecule has 0 bridgehead atoms. The van der Waals surface area contributed by atoms with E-state index in [1.807, 2.05) is 18.2 Å². The van der Waals surface area contributed by atoms with Gasteiger partial charge >= 0.3 is 0 Å². The van der Waals surface area contributed by atoms with Crippen molar-refractivity contribution < 1.29 is 5.11 Å². The molecule has 2 aromatic rings. The van der Waals surface area contributed by atoms with Crippen LogP contribution in [0.5, 0.6) is 5.75 Å². The van der Waals surface area contributed by atoms with Gasteiger partial charge in [-0.05, 0) is 40.2 Å². The van der Waals surface area contributed by atoms with Crippen LogP contribution in [0.25, 0.3) is 0 Å². The van der Waals surface area contributed by atoms with Crippen molar-refractivity contribution in [3.05, 3.63) is 57.0 Å². The Morgan fingerprint density at radius 2 is 2.11 bits per heavy atom. The highest BCUT2D eigenvalue weighted by molar-refractivity contribution is 9.10. The lowest BCUT2D eigenvalue weighted by molar-refractivity contribution is 0.465. The Labute approximate surface area is 124 Å². The number of nitrogens with zero attached hydrogens (tertiary/aromatic N) is 1. The van der Waals surface area contributed by atoms with E-state index in [9.17, 15) is 5.11 Å². The van der Waals surface area contributed by atoms with Gasteiger partial charge in [-0.3, -0.25) is 0 Å². The Bertz CT molecular complexity index is 652. The lowest BCUT2D eigenvalue weighted by Gasteiger charge is -2.10. The molecule has 0 aliphatic heterocycles. The largest absolute Gasteiger partial charge is 0.506 e. The maximum absolute atomic E-state index is 9.86. The van der Waals surface area contributed by atoms with Crippen molar-refractivity contribution in [2.45, 2.75) is 6.54 Å². The molecular weight excluding hydrogens is 328 g/mol. The minimum atomic E-state index is 0.208. The molecule has 0 aliphatic carbocycles. The van der Waals surface area contributed by atoms with Gasteiger partial charge in [0.05, 0.1) is 26.8 Å². The summed E-state index contributed by atoms with van der Waals surface area (Å²) >= 11 is 9.33. The van der Waals surface area contributed by atoms with E-state index in [2.05, 4.69) is 21.2 Å². The Kier molecular flexibility index (Phi) is 4.31. The zero-order valence-corrected chi connectivity index (χ0v) is 12.2. The minimum Gasteiger partial charge on any atom is -0.506 e. The minimum absolute atomic E-state index is 0.208. The Morgan fingerprint density at radius 1 is 1.32 bits per heavy atom. The molecule has 0 fully saturated rings. The number of nitrogens with one attached hydrogen (secondary N) is 1. The summed E-state index contributed by atoms with van der Waals surface area (Å²) < 4.78 is 0.651. The molecule has 19 heavy (non-hydrogen) atoms. The van der Waals surface area contributed by atoms with Crippen molar-refractivity contribution in [1.82, 2.24) is 0 Å². The van der Waals surface area contributed by atoms with Gasteiger partial charge in [0, 0.05) is 12.1 Å². The molecule has 2 N–H and O–H groups in total. The van der Waals surface area contributed by atoms with E-state index in [1.165, 1.54) is 0 Å². The molecule has 3 nitrogen and oxygen atoms in total. The zero-order chi connectivity index (χ0) is 13.8. The fraction of sp³-hybridized carbons (Fsp3) is 0.0714. The summed E-state index contributed by atoms with van der Waals surface area (Å²) in [5.41, 5.74) is 2.00. The van der Waals surface area contributed by atoms with Gasteiger partial charge in [-0.15, -0.1) is 0 Å². The van der Waals surface area contributed by atoms with Crippen molar-refractivity contribution in [2.75, 3.05) is 5.32 Å². The van der Waals surface area contributed by atoms with Crippen LogP contribution in [0, 0.1) is 11.3 Å². The Hall–Kier alpha value is -1.70. The molecule has 2 aromatic carbocycles. The first-order valence-electron chi connectivity index (χ1n) is 5.51. The van der Waals surface area contributed by atoms with Crippen LogP contribution in [0.1, 0.15) is 11.1 Å². The average Bonchev–Trinajstić information content (AvgIpc) is 2.41. The highest BCUT2D eigenvalue weighted by atomic mass is 79.9. The van der Waals surface area contributed by atoms with E-state index in [-0.39, 0.29) is 5.75 Å². The summed E-state index contributed by atoms with van der Waals surface area (Å²) in [5.74, 6) is 0.208. The lowest BCUT2D eigenvalue weighted by Crippen LogP contribution is -2.00. The Balaban J connectivity index is 2.15. The normalized spacial score (nSPS) is 9.95. The van der Waals surface area contributed by atoms with Crippen molar-refractivity contribution in [1.29, 1.82) is 5.26 Å². The van der Waals surface area contributed by atoms with Gasteiger partial charge in [-0.2, -0.15) is 5.26 Å². The Morgan fingerprint density at radius 3 is 2.79 bits per heavy atom. The third-order valence-corrected chi connectivity index (χ3v) is 3.59. The molecule has 0 saturated carbocycles. The summed E-state index contributed by atoms with van der Waals surface area (Å²) in [7, 11) is 0. The molecule has 0 spiro atoms. The van der Waals surface area contributed by atoms with Gasteiger partial charge < -0.3 is 10.4 Å². The number of anilines is 1. The molecule has 0 heterocycles. The summed E-state index contributed by atoms with van der Waals surface area (Å²) in [4.78, 5) is 0. The predicted octanol–water partition coefficient (Wildman–Crippen LogP) is 4.29. The smallest absolute Gasteiger partial charge is 0.134 e. The number of para-hydroxylation sites is 1. The predicted molar refractivity (Wildman–Crippen MR) is 79.3 cm³/mol. The van der Waals surface area contributed by atoms with Gasteiger partial charge in [0.15, 0.2) is 0 Å². The van der Waals surface area contributed by atoms with E-state index in [0.717, 1.165) is 11.3 Å². The van der Waals surface area contributed by atoms with Gasteiger partial charge in [0.25, 0.3) is 0 Å². The van der Waals surface area contributed by atoms with Crippen LogP contribution in [0.3, 0.4) is 0 Å². The molecule has 0 saturated heterocycles. The molecule has 0 unspecified atom stereocenters. The van der Waals surface area contributed by atoms with E-state index in [0.29, 0.717) is 21.6 Å². The van der Waals surface area contributed by atoms with Crippen LogP contribution in [0.4, 0.5) is 5.69 Å². The fourth-order valence-electron chi connectivity index (χ4n) is 1.62. The van der Waals surface area contributed by atoms with Crippen LogP contribution in [-0.4, -0.2) is 5.11 Å². The molecule has 96 valence electrons. The SMILES string of the molecule is N#Cc1ccc(NCc2cccc(Br)c2O)c(Cl)c1. The zero-order valence-electron chi connectivity index (χ0n) is 9.82. The molecule has 2 rings (SSSR count). The monoisotopic (exact) mass is 336 g/mol. The topological polar surface area (TPSA) is 56.0 Å². The summed E-state index contributed by atoms with van der Waals surface area (Å²) in [6.07, 6.45) is 0. The van der Waals surface area contributed by atoms with Crippen molar-refractivity contribution in [3.8, 4) is 11.8 Å². The molecular formula is C14H10BrClN2O. The van der Waals surface area contributed by atoms with Gasteiger partial charge in [-0.1, -0.05) is 23.7 Å². The quantitative estimate of drug-likeness (QED) is 0.878. The first-order valence-corrected chi connectivity index (χ1v) is 6.69. The van der Waals surface area contributed by atoms with Crippen LogP contribution >= 0.6 is 27.5 Å². The van der Waals surface area contributed by atoms with E-state index >= 15 is 0 Å². The first kappa shape index (κ1) is 13.7. The number of halogens is 2. The van der Waals surface area contributed by atoms with Crippen LogP contribution < -0.4 is 5.32 Å². The van der Waals surface area contributed by atoms with Gasteiger partial charge in [0.1, 0.15) is 5.75 Å². The third-order valence-electron chi connectivity index (χ3n) is 2.64. The van der Waals surface area contributed by atoms with Gasteiger partial charge in [0.2, 0.25) is 0 Å². The number of benzene rings is 2. The second-order valence-electron chi connectivity index (χ2n) is 3.91. The van der Waals surface area contributed by atoms with Gasteiger partial charge in [-0.25, -0.2) is 0 Å². The lowest BCUT2D eigenvalue weighted by atomic mass is 10.2. The molecule has 5 heteroatoms. The maximum Gasteiger partial charge on any atom is 0.134 e. The molecule has 0 amide bonds. The average molecular weight is 338 g/mol. The molecule has 0 radical (unpaired) electrons. The number of phenols is 1. The van der Waals surface area contributed by atoms with Crippen LogP contribution in [0.15, 0.2) is 40.9 Å². The highest BCUT2D eigenvalue weighted by Gasteiger charge is 2.06. The summed E-state index contributed by atoms with van der Waals surface area (Å²) in [6, 6.07) is 12.5. The second-order valence-corrected chi connectivity index (χ2v) is 5.17. The summed E-state index contributed by atoms with van der Waals surface area (Å²) in [5, 5.41) is 22.2. The highest BCUT2D eigenvalue weighted by Crippen LogP contribution is 2.29. The van der Waals surface area contributed by atoms with Crippen LogP contribution in [0.2, 0.25) is 5.02 Å². The first-order chi connectivity index (χ1) is 9.11. The van der Waals surface area contributed by atoms with Crippen LogP contribution in [-0.2, 0) is 6.54 Å². The summed E-state index contributed by atoms with van der Waals surface area (Å²) in [6.45, 7) is 0.441. The number of phenolic OH excluding ortho intramolecular Hbond substituents is 1. The second kappa shape index (κ2) is 5.96. The van der Waals surface area contributed by atoms with E-state index in [1.54, 1.807) is 24.3 Å². The number of hydrogen-bond acceptors (Lipinski definition) is 3. The molecule has 0 atom stereocenters. The fourth-order valence-corrected chi connectivity index (χ4v) is 2.28. The number of hydrogen-bond donors (Lipinski definition) is 2. The molecule has 0 aliphatic rings.